The molecule has 0 aromatic carbocycles. The highest BCUT2D eigenvalue weighted by Gasteiger charge is 2.17. The number of amides is 2. The summed E-state index contributed by atoms with van der Waals surface area (Å²) in [6, 6.07) is -0.0671. The van der Waals surface area contributed by atoms with Crippen LogP contribution >= 0.6 is 0 Å². The Balaban J connectivity index is 2.20. The van der Waals surface area contributed by atoms with Crippen molar-refractivity contribution in [2.24, 2.45) is 0 Å². The van der Waals surface area contributed by atoms with Crippen LogP contribution in [0.4, 0.5) is 0 Å². The number of nitrogens with zero attached hydrogens (tertiary/aromatic N) is 1. The fraction of sp³-hybridized carbons (Fsp3) is 0.727. The zero-order valence-electron chi connectivity index (χ0n) is 9.57. The standard InChI is InChI=1S/C11H18N2O3/c1-9(12-10(2)14)3-4-11(15)13-5-7-16-8-6-13/h2,9H,3-8H2,1H3,(H,12,14). The summed E-state index contributed by atoms with van der Waals surface area (Å²) >= 11 is 0. The first-order valence-electron chi connectivity index (χ1n) is 5.51. The first kappa shape index (κ1) is 13.0. The molecule has 1 fully saturated rings. The van der Waals surface area contributed by atoms with Gasteiger partial charge in [0.15, 0.2) is 0 Å². The van der Waals surface area contributed by atoms with E-state index >= 15 is 0 Å². The van der Waals surface area contributed by atoms with Gasteiger partial charge in [0.05, 0.1) is 20.1 Å². The highest BCUT2D eigenvalue weighted by atomic mass is 16.5. The summed E-state index contributed by atoms with van der Waals surface area (Å²) in [7, 11) is 0. The topological polar surface area (TPSA) is 58.6 Å². The minimum atomic E-state index is -0.550. The summed E-state index contributed by atoms with van der Waals surface area (Å²) in [6.07, 6.45) is 1.04. The van der Waals surface area contributed by atoms with E-state index in [0.717, 1.165) is 0 Å². The second-order valence-electron chi connectivity index (χ2n) is 3.94. The smallest absolute Gasteiger partial charge is 0.224 e. The Morgan fingerprint density at radius 1 is 1.44 bits per heavy atom. The van der Waals surface area contributed by atoms with E-state index < -0.39 is 5.91 Å². The molecule has 1 unspecified atom stereocenters. The molecule has 0 aromatic heterocycles. The van der Waals surface area contributed by atoms with Gasteiger partial charge in [0.2, 0.25) is 11.8 Å². The quantitative estimate of drug-likeness (QED) is 0.724. The van der Waals surface area contributed by atoms with Gasteiger partial charge in [0.1, 0.15) is 0 Å². The Labute approximate surface area is 96.1 Å². The summed E-state index contributed by atoms with van der Waals surface area (Å²) < 4.78 is 5.16. The van der Waals surface area contributed by atoms with Gasteiger partial charge in [-0.2, -0.15) is 0 Å². The van der Waals surface area contributed by atoms with Crippen molar-refractivity contribution in [3.05, 3.63) is 6.92 Å². The van der Waals surface area contributed by atoms with E-state index in [1.54, 1.807) is 4.90 Å². The van der Waals surface area contributed by atoms with Crippen molar-refractivity contribution in [2.45, 2.75) is 25.8 Å². The van der Waals surface area contributed by atoms with Crippen molar-refractivity contribution in [1.29, 1.82) is 0 Å². The average Bonchev–Trinajstić information content (AvgIpc) is 2.26. The maximum absolute atomic E-state index is 11.7. The van der Waals surface area contributed by atoms with E-state index in [-0.39, 0.29) is 11.9 Å². The lowest BCUT2D eigenvalue weighted by atomic mass is 10.1. The molecule has 1 heterocycles. The maximum Gasteiger partial charge on any atom is 0.224 e. The lowest BCUT2D eigenvalue weighted by Crippen LogP contribution is -2.41. The third-order valence-electron chi connectivity index (χ3n) is 2.54. The predicted octanol–water partition coefficient (Wildman–Crippen LogP) is -0.159. The largest absolute Gasteiger partial charge is 0.378 e. The molecule has 1 atom stereocenters. The zero-order chi connectivity index (χ0) is 12.0. The van der Waals surface area contributed by atoms with Gasteiger partial charge in [-0.05, 0) is 13.3 Å². The minimum absolute atomic E-state index is 0.0671. The molecule has 1 aliphatic rings. The molecular weight excluding hydrogens is 208 g/mol. The molecule has 2 radical (unpaired) electrons. The van der Waals surface area contributed by atoms with Crippen LogP contribution < -0.4 is 5.32 Å². The number of morpholine rings is 1. The van der Waals surface area contributed by atoms with Gasteiger partial charge in [-0.25, -0.2) is 0 Å². The normalized spacial score (nSPS) is 18.0. The molecule has 1 saturated heterocycles. The van der Waals surface area contributed by atoms with Crippen molar-refractivity contribution in [2.75, 3.05) is 26.3 Å². The summed E-state index contributed by atoms with van der Waals surface area (Å²) in [5, 5.41) is 2.54. The molecule has 2 amide bonds. The third-order valence-corrected chi connectivity index (χ3v) is 2.54. The number of hydrogen-bond donors (Lipinski definition) is 1. The molecule has 1 aliphatic heterocycles. The first-order chi connectivity index (χ1) is 7.59. The number of ether oxygens (including phenoxy) is 1. The highest BCUT2D eigenvalue weighted by Crippen LogP contribution is 2.04. The Morgan fingerprint density at radius 2 is 2.06 bits per heavy atom. The monoisotopic (exact) mass is 226 g/mol. The van der Waals surface area contributed by atoms with E-state index in [1.165, 1.54) is 0 Å². The average molecular weight is 226 g/mol. The molecule has 0 bridgehead atoms. The SMILES string of the molecule is [CH]C(=O)NC(C)CCC(=O)N1CCOCC1. The molecule has 16 heavy (non-hydrogen) atoms. The van der Waals surface area contributed by atoms with Gasteiger partial charge < -0.3 is 15.0 Å². The number of carbonyl (C=O) groups excluding carboxylic acids is 2. The Hall–Kier alpha value is -1.10. The van der Waals surface area contributed by atoms with Crippen molar-refractivity contribution < 1.29 is 14.3 Å². The van der Waals surface area contributed by atoms with Crippen LogP contribution in [-0.4, -0.2) is 49.1 Å². The number of hydrogen-bond acceptors (Lipinski definition) is 3. The van der Waals surface area contributed by atoms with Gasteiger partial charge in [0, 0.05) is 25.6 Å². The summed E-state index contributed by atoms with van der Waals surface area (Å²) in [5.41, 5.74) is 0. The fourth-order valence-electron chi connectivity index (χ4n) is 1.63. The molecule has 5 heteroatoms. The van der Waals surface area contributed by atoms with Crippen molar-refractivity contribution in [3.63, 3.8) is 0 Å². The van der Waals surface area contributed by atoms with Crippen molar-refractivity contribution in [3.8, 4) is 0 Å². The molecule has 0 aromatic rings. The van der Waals surface area contributed by atoms with Gasteiger partial charge in [0.25, 0.3) is 0 Å². The van der Waals surface area contributed by atoms with Gasteiger partial charge in [-0.1, -0.05) is 0 Å². The van der Waals surface area contributed by atoms with Crippen LogP contribution in [0.3, 0.4) is 0 Å². The predicted molar refractivity (Wildman–Crippen MR) is 58.5 cm³/mol. The Kier molecular flexibility index (Phi) is 5.25. The zero-order valence-corrected chi connectivity index (χ0v) is 9.57. The van der Waals surface area contributed by atoms with Crippen LogP contribution in [0, 0.1) is 6.92 Å². The summed E-state index contributed by atoms with van der Waals surface area (Å²) in [6.45, 7) is 9.36. The highest BCUT2D eigenvalue weighted by molar-refractivity contribution is 5.80. The van der Waals surface area contributed by atoms with Gasteiger partial charge in [-0.15, -0.1) is 0 Å². The molecule has 0 saturated carbocycles. The van der Waals surface area contributed by atoms with Crippen LogP contribution in [0.15, 0.2) is 0 Å². The van der Waals surface area contributed by atoms with Crippen molar-refractivity contribution >= 4 is 11.8 Å². The second-order valence-corrected chi connectivity index (χ2v) is 3.94. The molecule has 0 aliphatic carbocycles. The molecule has 0 spiro atoms. The minimum Gasteiger partial charge on any atom is -0.378 e. The lowest BCUT2D eigenvalue weighted by Gasteiger charge is -2.27. The Bertz CT molecular complexity index is 250. The maximum atomic E-state index is 11.7. The van der Waals surface area contributed by atoms with Crippen molar-refractivity contribution in [1.82, 2.24) is 10.2 Å². The molecule has 1 N–H and O–H groups in total. The Morgan fingerprint density at radius 3 is 2.62 bits per heavy atom. The molecule has 5 nitrogen and oxygen atoms in total. The first-order valence-corrected chi connectivity index (χ1v) is 5.51. The third kappa shape index (κ3) is 4.61. The molecular formula is C11H18N2O3. The van der Waals surface area contributed by atoms with E-state index in [1.807, 2.05) is 6.92 Å². The molecule has 1 rings (SSSR count). The van der Waals surface area contributed by atoms with E-state index in [4.69, 9.17) is 11.7 Å². The van der Waals surface area contributed by atoms with E-state index in [9.17, 15) is 9.59 Å². The van der Waals surface area contributed by atoms with E-state index in [0.29, 0.717) is 39.1 Å². The summed E-state index contributed by atoms with van der Waals surface area (Å²) in [4.78, 5) is 24.1. The van der Waals surface area contributed by atoms with Gasteiger partial charge >= 0.3 is 0 Å². The van der Waals surface area contributed by atoms with Crippen LogP contribution in [0.2, 0.25) is 0 Å². The second kappa shape index (κ2) is 6.48. The number of rotatable bonds is 4. The van der Waals surface area contributed by atoms with Crippen LogP contribution in [0.1, 0.15) is 19.8 Å². The van der Waals surface area contributed by atoms with Crippen LogP contribution in [-0.2, 0) is 14.3 Å². The lowest BCUT2D eigenvalue weighted by molar-refractivity contribution is -0.135. The van der Waals surface area contributed by atoms with Gasteiger partial charge in [-0.3, -0.25) is 9.59 Å². The fourth-order valence-corrected chi connectivity index (χ4v) is 1.63. The van der Waals surface area contributed by atoms with E-state index in [2.05, 4.69) is 5.32 Å². The van der Waals surface area contributed by atoms with Crippen LogP contribution in [0.25, 0.3) is 0 Å². The molecule has 90 valence electrons. The summed E-state index contributed by atoms with van der Waals surface area (Å²) in [5.74, 6) is -0.437. The number of nitrogens with one attached hydrogen (secondary N) is 1. The van der Waals surface area contributed by atoms with Crippen LogP contribution in [0.5, 0.6) is 0 Å². The number of carbonyl (C=O) groups is 2.